The number of methoxy groups -OCH3 is 1. The number of carbonyl (C=O) groups excluding carboxylic acids is 1. The fraction of sp³-hybridized carbons (Fsp3) is 0.0909. The number of hydrogen-bond acceptors (Lipinski definition) is 6. The minimum atomic E-state index is -0.322. The van der Waals surface area contributed by atoms with Crippen molar-refractivity contribution in [3.63, 3.8) is 0 Å². The van der Waals surface area contributed by atoms with Gasteiger partial charge in [-0.25, -0.2) is 0 Å². The highest BCUT2D eigenvalue weighted by atomic mass is 35.5. The summed E-state index contributed by atoms with van der Waals surface area (Å²) in [6, 6.07) is 17.9. The lowest BCUT2D eigenvalue weighted by molar-refractivity contribution is 0.0947. The van der Waals surface area contributed by atoms with Gasteiger partial charge in [0.2, 0.25) is 5.95 Å². The van der Waals surface area contributed by atoms with Crippen molar-refractivity contribution < 1.29 is 9.53 Å². The molecule has 0 aliphatic carbocycles. The van der Waals surface area contributed by atoms with E-state index < -0.39 is 0 Å². The molecule has 0 atom stereocenters. The third-order valence-corrected chi connectivity index (χ3v) is 4.69. The Balaban J connectivity index is 1.69. The molecule has 2 heterocycles. The third kappa shape index (κ3) is 4.16. The first-order chi connectivity index (χ1) is 14.7. The van der Waals surface area contributed by atoms with Gasteiger partial charge in [0.25, 0.3) is 5.91 Å². The van der Waals surface area contributed by atoms with Gasteiger partial charge in [0.1, 0.15) is 5.75 Å². The van der Waals surface area contributed by atoms with Gasteiger partial charge in [0.15, 0.2) is 5.82 Å². The molecule has 30 heavy (non-hydrogen) atoms. The molecule has 8 heteroatoms. The van der Waals surface area contributed by atoms with Gasteiger partial charge in [0.05, 0.1) is 7.11 Å². The average molecular weight is 420 g/mol. The molecule has 0 bridgehead atoms. The molecule has 4 rings (SSSR count). The van der Waals surface area contributed by atoms with E-state index in [0.717, 1.165) is 11.3 Å². The molecule has 150 valence electrons. The molecule has 0 aliphatic heterocycles. The van der Waals surface area contributed by atoms with Gasteiger partial charge in [-0.15, -0.1) is 5.10 Å². The number of benzene rings is 2. The van der Waals surface area contributed by atoms with E-state index in [4.69, 9.17) is 16.3 Å². The third-order valence-electron chi connectivity index (χ3n) is 4.44. The van der Waals surface area contributed by atoms with Gasteiger partial charge in [-0.3, -0.25) is 9.78 Å². The second-order valence-corrected chi connectivity index (χ2v) is 6.83. The zero-order valence-corrected chi connectivity index (χ0v) is 16.9. The minimum absolute atomic E-state index is 0.319. The van der Waals surface area contributed by atoms with Crippen LogP contribution in [-0.2, 0) is 6.54 Å². The number of anilines is 1. The Morgan fingerprint density at radius 1 is 1.10 bits per heavy atom. The number of hydrogen-bond donors (Lipinski definition) is 1. The van der Waals surface area contributed by atoms with Crippen LogP contribution in [0.3, 0.4) is 0 Å². The number of carbonyl (C=O) groups is 1. The van der Waals surface area contributed by atoms with Crippen LogP contribution in [-0.4, -0.2) is 32.8 Å². The Bertz CT molecular complexity index is 1160. The molecule has 0 aliphatic rings. The molecule has 1 N–H and O–H groups in total. The van der Waals surface area contributed by atoms with Crippen molar-refractivity contribution in [2.75, 3.05) is 12.4 Å². The number of ether oxygens (including phenoxy) is 1. The highest BCUT2D eigenvalue weighted by molar-refractivity contribution is 6.30. The Kier molecular flexibility index (Phi) is 5.72. The van der Waals surface area contributed by atoms with Crippen LogP contribution in [0.2, 0.25) is 5.02 Å². The van der Waals surface area contributed by atoms with Gasteiger partial charge < -0.3 is 10.1 Å². The van der Waals surface area contributed by atoms with Crippen LogP contribution in [0.5, 0.6) is 5.75 Å². The second kappa shape index (κ2) is 8.75. The molecule has 0 saturated carbocycles. The van der Waals surface area contributed by atoms with Crippen LogP contribution in [0.15, 0.2) is 73.1 Å². The Morgan fingerprint density at radius 3 is 2.63 bits per heavy atom. The number of halogens is 1. The molecule has 0 fully saturated rings. The van der Waals surface area contributed by atoms with Crippen molar-refractivity contribution in [2.45, 2.75) is 6.54 Å². The van der Waals surface area contributed by atoms with Crippen molar-refractivity contribution in [1.82, 2.24) is 19.7 Å². The second-order valence-electron chi connectivity index (χ2n) is 6.39. The van der Waals surface area contributed by atoms with Crippen LogP contribution < -0.4 is 10.1 Å². The standard InChI is InChI=1S/C22H18ClN5O2/c1-30-19-7-3-2-5-16(19)14-25-22-26-20(17-6-4-12-24-13-17)27-28(22)21(29)15-8-10-18(23)11-9-15/h2-13H,14H2,1H3,(H,25,26,27). The summed E-state index contributed by atoms with van der Waals surface area (Å²) in [4.78, 5) is 21.7. The predicted molar refractivity (Wildman–Crippen MR) is 115 cm³/mol. The van der Waals surface area contributed by atoms with Gasteiger partial charge >= 0.3 is 0 Å². The highest BCUT2D eigenvalue weighted by Crippen LogP contribution is 2.22. The van der Waals surface area contributed by atoms with Gasteiger partial charge in [0, 0.05) is 40.7 Å². The van der Waals surface area contributed by atoms with Crippen molar-refractivity contribution in [3.05, 3.63) is 89.2 Å². The molecule has 7 nitrogen and oxygen atoms in total. The summed E-state index contributed by atoms with van der Waals surface area (Å²) >= 11 is 5.95. The number of pyridine rings is 1. The summed E-state index contributed by atoms with van der Waals surface area (Å²) in [5.41, 5.74) is 2.08. The molecule has 0 unspecified atom stereocenters. The molecule has 0 amide bonds. The summed E-state index contributed by atoms with van der Waals surface area (Å²) in [5, 5.41) is 8.17. The van der Waals surface area contributed by atoms with Gasteiger partial charge in [-0.1, -0.05) is 29.8 Å². The lowest BCUT2D eigenvalue weighted by atomic mass is 10.2. The fourth-order valence-electron chi connectivity index (χ4n) is 2.92. The summed E-state index contributed by atoms with van der Waals surface area (Å²) in [5.74, 6) is 1.14. The topological polar surface area (TPSA) is 81.9 Å². The van der Waals surface area contributed by atoms with Crippen molar-refractivity contribution in [1.29, 1.82) is 0 Å². The van der Waals surface area contributed by atoms with E-state index in [2.05, 4.69) is 20.4 Å². The van der Waals surface area contributed by atoms with Crippen LogP contribution in [0.1, 0.15) is 15.9 Å². The average Bonchev–Trinajstić information content (AvgIpc) is 3.23. The van der Waals surface area contributed by atoms with Crippen LogP contribution in [0.4, 0.5) is 5.95 Å². The molecule has 2 aromatic heterocycles. The van der Waals surface area contributed by atoms with E-state index in [9.17, 15) is 4.79 Å². The molecule has 0 radical (unpaired) electrons. The van der Waals surface area contributed by atoms with Gasteiger partial charge in [-0.05, 0) is 42.5 Å². The summed E-state index contributed by atoms with van der Waals surface area (Å²) in [6.07, 6.45) is 3.32. The Labute approximate surface area is 178 Å². The fourth-order valence-corrected chi connectivity index (χ4v) is 3.05. The van der Waals surface area contributed by atoms with E-state index >= 15 is 0 Å². The lowest BCUT2D eigenvalue weighted by Crippen LogP contribution is -2.17. The first-order valence-electron chi connectivity index (χ1n) is 9.19. The summed E-state index contributed by atoms with van der Waals surface area (Å²) in [7, 11) is 1.62. The SMILES string of the molecule is COc1ccccc1CNc1nc(-c2cccnc2)nn1C(=O)c1ccc(Cl)cc1. The van der Waals surface area contributed by atoms with Crippen molar-refractivity contribution in [2.24, 2.45) is 0 Å². The molecule has 0 saturated heterocycles. The zero-order valence-electron chi connectivity index (χ0n) is 16.1. The summed E-state index contributed by atoms with van der Waals surface area (Å²) < 4.78 is 6.65. The maximum atomic E-state index is 13.1. The smallest absolute Gasteiger partial charge is 0.281 e. The number of nitrogens with one attached hydrogen (secondary N) is 1. The molecular weight excluding hydrogens is 402 g/mol. The van der Waals surface area contributed by atoms with Crippen LogP contribution >= 0.6 is 11.6 Å². The summed E-state index contributed by atoms with van der Waals surface area (Å²) in [6.45, 7) is 0.406. The van der Waals surface area contributed by atoms with Crippen molar-refractivity contribution >= 4 is 23.5 Å². The van der Waals surface area contributed by atoms with Crippen molar-refractivity contribution in [3.8, 4) is 17.1 Å². The number of aromatic nitrogens is 4. The maximum absolute atomic E-state index is 13.1. The quantitative estimate of drug-likeness (QED) is 0.501. The normalized spacial score (nSPS) is 10.6. The van der Waals surface area contributed by atoms with E-state index in [1.807, 2.05) is 30.3 Å². The van der Waals surface area contributed by atoms with E-state index in [0.29, 0.717) is 34.5 Å². The molecular formula is C22H18ClN5O2. The first-order valence-corrected chi connectivity index (χ1v) is 9.57. The lowest BCUT2D eigenvalue weighted by Gasteiger charge is -2.10. The van der Waals surface area contributed by atoms with Crippen LogP contribution in [0.25, 0.3) is 11.4 Å². The van der Waals surface area contributed by atoms with E-state index in [-0.39, 0.29) is 5.91 Å². The number of para-hydroxylation sites is 1. The van der Waals surface area contributed by atoms with Gasteiger partial charge in [-0.2, -0.15) is 9.67 Å². The molecule has 2 aromatic carbocycles. The number of rotatable bonds is 6. The van der Waals surface area contributed by atoms with E-state index in [1.165, 1.54) is 4.68 Å². The molecule has 0 spiro atoms. The maximum Gasteiger partial charge on any atom is 0.281 e. The Hall–Kier alpha value is -3.71. The monoisotopic (exact) mass is 419 g/mol. The van der Waals surface area contributed by atoms with Crippen LogP contribution in [0, 0.1) is 0 Å². The minimum Gasteiger partial charge on any atom is -0.496 e. The Morgan fingerprint density at radius 2 is 1.90 bits per heavy atom. The molecule has 4 aromatic rings. The predicted octanol–water partition coefficient (Wildman–Crippen LogP) is 4.30. The first kappa shape index (κ1) is 19.6. The largest absolute Gasteiger partial charge is 0.496 e. The highest BCUT2D eigenvalue weighted by Gasteiger charge is 2.19. The zero-order chi connectivity index (χ0) is 20.9. The number of nitrogens with zero attached hydrogens (tertiary/aromatic N) is 4. The van der Waals surface area contributed by atoms with E-state index in [1.54, 1.807) is 49.8 Å².